The van der Waals surface area contributed by atoms with Crippen LogP contribution in [0.1, 0.15) is 19.4 Å². The Bertz CT molecular complexity index is 434. The lowest BCUT2D eigenvalue weighted by atomic mass is 10.2. The Morgan fingerprint density at radius 2 is 2.05 bits per heavy atom. The van der Waals surface area contributed by atoms with Crippen molar-refractivity contribution >= 4 is 5.97 Å². The van der Waals surface area contributed by atoms with Gasteiger partial charge in [0.15, 0.2) is 11.5 Å². The minimum atomic E-state index is -0.481. The van der Waals surface area contributed by atoms with Crippen LogP contribution in [-0.4, -0.2) is 38.9 Å². The molecule has 20 heavy (non-hydrogen) atoms. The Hall–Kier alpha value is -1.75. The van der Waals surface area contributed by atoms with Gasteiger partial charge in [-0.2, -0.15) is 0 Å². The molecular formula is C15H23NO4. The quantitative estimate of drug-likeness (QED) is 0.738. The molecule has 0 bridgehead atoms. The zero-order valence-corrected chi connectivity index (χ0v) is 12.6. The molecule has 1 N–H and O–H groups in total. The van der Waals surface area contributed by atoms with Crippen LogP contribution in [0.3, 0.4) is 0 Å². The highest BCUT2D eigenvalue weighted by Gasteiger charge is 2.20. The molecule has 0 saturated carbocycles. The van der Waals surface area contributed by atoms with Gasteiger partial charge >= 0.3 is 5.97 Å². The molecule has 1 unspecified atom stereocenters. The van der Waals surface area contributed by atoms with E-state index in [1.165, 1.54) is 0 Å². The highest BCUT2D eigenvalue weighted by molar-refractivity contribution is 5.76. The van der Waals surface area contributed by atoms with E-state index in [1.54, 1.807) is 14.0 Å². The number of rotatable bonds is 8. The van der Waals surface area contributed by atoms with Gasteiger partial charge < -0.3 is 19.5 Å². The van der Waals surface area contributed by atoms with Crippen LogP contribution in [0.5, 0.6) is 11.5 Å². The first-order valence-electron chi connectivity index (χ1n) is 6.79. The van der Waals surface area contributed by atoms with Crippen molar-refractivity contribution in [1.82, 2.24) is 5.32 Å². The molecule has 0 aliphatic carbocycles. The normalized spacial score (nSPS) is 11.8. The zero-order valence-electron chi connectivity index (χ0n) is 12.6. The van der Waals surface area contributed by atoms with E-state index >= 15 is 0 Å². The van der Waals surface area contributed by atoms with Gasteiger partial charge in [0.1, 0.15) is 12.6 Å². The van der Waals surface area contributed by atoms with E-state index in [2.05, 4.69) is 5.32 Å². The summed E-state index contributed by atoms with van der Waals surface area (Å²) in [5.41, 5.74) is 1.09. The fraction of sp³-hybridized carbons (Fsp3) is 0.533. The Kier molecular flexibility index (Phi) is 6.87. The average Bonchev–Trinajstić information content (AvgIpc) is 2.44. The predicted molar refractivity (Wildman–Crippen MR) is 77.3 cm³/mol. The smallest absolute Gasteiger partial charge is 0.326 e. The fourth-order valence-electron chi connectivity index (χ4n) is 1.77. The molecular weight excluding hydrogens is 258 g/mol. The number of hydrogen-bond acceptors (Lipinski definition) is 5. The maximum absolute atomic E-state index is 11.8. The molecule has 1 aromatic carbocycles. The molecule has 1 aromatic rings. The van der Waals surface area contributed by atoms with Crippen LogP contribution in [0.4, 0.5) is 0 Å². The summed E-state index contributed by atoms with van der Waals surface area (Å²) in [7, 11) is 1.59. The molecule has 5 heteroatoms. The van der Waals surface area contributed by atoms with E-state index < -0.39 is 6.04 Å². The fourth-order valence-corrected chi connectivity index (χ4v) is 1.77. The number of carbonyl (C=O) groups excluding carboxylic acids is 1. The Labute approximate surface area is 120 Å². The van der Waals surface area contributed by atoms with E-state index in [4.69, 9.17) is 14.2 Å². The standard InChI is InChI=1S/C15H23NO4/c1-5-16-12(15(17)19-6-2)10-20-13-8-7-11(3)9-14(13)18-4/h7-9,12,16H,5-6,10H2,1-4H3. The molecule has 112 valence electrons. The second kappa shape index (κ2) is 8.43. The van der Waals surface area contributed by atoms with Crippen LogP contribution in [0.25, 0.3) is 0 Å². The summed E-state index contributed by atoms with van der Waals surface area (Å²) in [4.78, 5) is 11.8. The monoisotopic (exact) mass is 281 g/mol. The van der Waals surface area contributed by atoms with Gasteiger partial charge in [-0.1, -0.05) is 13.0 Å². The first-order chi connectivity index (χ1) is 9.62. The van der Waals surface area contributed by atoms with Crippen molar-refractivity contribution in [2.24, 2.45) is 0 Å². The van der Waals surface area contributed by atoms with E-state index in [1.807, 2.05) is 32.0 Å². The highest BCUT2D eigenvalue weighted by Crippen LogP contribution is 2.27. The van der Waals surface area contributed by atoms with E-state index in [0.29, 0.717) is 24.7 Å². The number of nitrogens with one attached hydrogen (secondary N) is 1. The Balaban J connectivity index is 2.69. The van der Waals surface area contributed by atoms with Crippen molar-refractivity contribution in [1.29, 1.82) is 0 Å². The third-order valence-corrected chi connectivity index (χ3v) is 2.75. The number of likely N-dealkylation sites (N-methyl/N-ethyl adjacent to an activating group) is 1. The van der Waals surface area contributed by atoms with Crippen LogP contribution < -0.4 is 14.8 Å². The van der Waals surface area contributed by atoms with E-state index in [9.17, 15) is 4.79 Å². The van der Waals surface area contributed by atoms with Gasteiger partial charge in [-0.3, -0.25) is 4.79 Å². The van der Waals surface area contributed by atoms with Crippen molar-refractivity contribution < 1.29 is 19.0 Å². The van der Waals surface area contributed by atoms with Crippen LogP contribution >= 0.6 is 0 Å². The second-order valence-corrected chi connectivity index (χ2v) is 4.33. The van der Waals surface area contributed by atoms with E-state index in [-0.39, 0.29) is 12.6 Å². The number of methoxy groups -OCH3 is 1. The molecule has 0 aliphatic heterocycles. The van der Waals surface area contributed by atoms with Crippen molar-refractivity contribution in [2.45, 2.75) is 26.8 Å². The first kappa shape index (κ1) is 16.3. The summed E-state index contributed by atoms with van der Waals surface area (Å²) in [5.74, 6) is 0.967. The van der Waals surface area contributed by atoms with Gasteiger partial charge in [-0.05, 0) is 38.1 Å². The molecule has 0 fully saturated rings. The molecule has 0 heterocycles. The Morgan fingerprint density at radius 3 is 2.65 bits per heavy atom. The van der Waals surface area contributed by atoms with Crippen LogP contribution in [0, 0.1) is 6.92 Å². The first-order valence-corrected chi connectivity index (χ1v) is 6.79. The second-order valence-electron chi connectivity index (χ2n) is 4.33. The number of esters is 1. The third kappa shape index (κ3) is 4.74. The van der Waals surface area contributed by atoms with Gasteiger partial charge in [0, 0.05) is 0 Å². The highest BCUT2D eigenvalue weighted by atomic mass is 16.5. The summed E-state index contributed by atoms with van der Waals surface area (Å²) in [6, 6.07) is 5.18. The topological polar surface area (TPSA) is 56.8 Å². The van der Waals surface area contributed by atoms with Crippen molar-refractivity contribution in [3.63, 3.8) is 0 Å². The van der Waals surface area contributed by atoms with Gasteiger partial charge in [-0.15, -0.1) is 0 Å². The molecule has 0 aliphatic rings. The van der Waals surface area contributed by atoms with Gasteiger partial charge in [-0.25, -0.2) is 0 Å². The lowest BCUT2D eigenvalue weighted by Gasteiger charge is -2.18. The number of aryl methyl sites for hydroxylation is 1. The molecule has 5 nitrogen and oxygen atoms in total. The molecule has 1 atom stereocenters. The summed E-state index contributed by atoms with van der Waals surface area (Å²) in [6.45, 7) is 6.91. The van der Waals surface area contributed by atoms with Crippen molar-refractivity contribution in [3.05, 3.63) is 23.8 Å². The average molecular weight is 281 g/mol. The molecule has 0 aromatic heterocycles. The van der Waals surface area contributed by atoms with Gasteiger partial charge in [0.2, 0.25) is 0 Å². The zero-order chi connectivity index (χ0) is 15.0. The predicted octanol–water partition coefficient (Wildman–Crippen LogP) is 1.92. The van der Waals surface area contributed by atoms with Gasteiger partial charge in [0.25, 0.3) is 0 Å². The van der Waals surface area contributed by atoms with Crippen LogP contribution in [0.15, 0.2) is 18.2 Å². The molecule has 0 amide bonds. The Morgan fingerprint density at radius 1 is 1.30 bits per heavy atom. The number of benzene rings is 1. The van der Waals surface area contributed by atoms with Crippen LogP contribution in [0.2, 0.25) is 0 Å². The van der Waals surface area contributed by atoms with Crippen molar-refractivity contribution in [3.8, 4) is 11.5 Å². The minimum Gasteiger partial charge on any atom is -0.493 e. The number of ether oxygens (including phenoxy) is 3. The summed E-state index contributed by atoms with van der Waals surface area (Å²) >= 11 is 0. The lowest BCUT2D eigenvalue weighted by Crippen LogP contribution is -2.42. The van der Waals surface area contributed by atoms with E-state index in [0.717, 1.165) is 5.56 Å². The SMILES string of the molecule is CCNC(COc1ccc(C)cc1OC)C(=O)OCC. The number of hydrogen-bond donors (Lipinski definition) is 1. The molecule has 0 saturated heterocycles. The van der Waals surface area contributed by atoms with Crippen LogP contribution in [-0.2, 0) is 9.53 Å². The largest absolute Gasteiger partial charge is 0.493 e. The number of carbonyl (C=O) groups is 1. The maximum atomic E-state index is 11.8. The summed E-state index contributed by atoms with van der Waals surface area (Å²) in [6.07, 6.45) is 0. The van der Waals surface area contributed by atoms with Gasteiger partial charge in [0.05, 0.1) is 13.7 Å². The molecule has 1 rings (SSSR count). The third-order valence-electron chi connectivity index (χ3n) is 2.75. The lowest BCUT2D eigenvalue weighted by molar-refractivity contribution is -0.146. The molecule has 0 radical (unpaired) electrons. The summed E-state index contributed by atoms with van der Waals surface area (Å²) < 4.78 is 15.9. The van der Waals surface area contributed by atoms with Crippen molar-refractivity contribution in [2.75, 3.05) is 26.9 Å². The minimum absolute atomic E-state index is 0.200. The molecule has 0 spiro atoms. The maximum Gasteiger partial charge on any atom is 0.326 e. The summed E-state index contributed by atoms with van der Waals surface area (Å²) in [5, 5.41) is 3.05.